The number of halogens is 1. The third kappa shape index (κ3) is 9.45. The van der Waals surface area contributed by atoms with Gasteiger partial charge < -0.3 is 34.0 Å². The first-order valence-corrected chi connectivity index (χ1v) is 20.4. The molecule has 0 unspecified atom stereocenters. The van der Waals surface area contributed by atoms with E-state index in [2.05, 4.69) is 17.8 Å². The molecule has 59 heavy (non-hydrogen) atoms. The number of nitro benzene ring substituents is 1. The standard InChI is InChI=1S/C45H54FN3O10/c1-4-22-48(44(52)58-33-18-16-32(17-19-33)49(53)54)41-28-39(47-55-3)36-26-30(12-8-10-23-50)35(14-9-11-24-51)42-37-27-34(56-29-31-13-6-7-15-38(31)46)20-21-40(37)59-45(41,43(36)42)57-25-5-2/h5-7,13,15-21,26-27,30,35,41-43,50-51H,2,4,8-12,14,22-25,28-29H2,1,3H3/t30-,35+,41-,42+,43+,45+/m0/s1. The van der Waals surface area contributed by atoms with Crippen molar-refractivity contribution in [3.05, 3.63) is 118 Å². The maximum atomic E-state index is 14.7. The minimum absolute atomic E-state index is 0.0111. The lowest BCUT2D eigenvalue weighted by Gasteiger charge is -2.59. The van der Waals surface area contributed by atoms with E-state index in [1.165, 1.54) is 37.4 Å². The van der Waals surface area contributed by atoms with Gasteiger partial charge in [-0.2, -0.15) is 0 Å². The molecule has 1 aliphatic heterocycles. The first kappa shape index (κ1) is 43.3. The normalized spacial score (nSPS) is 23.6. The van der Waals surface area contributed by atoms with Crippen LogP contribution in [0, 0.1) is 33.7 Å². The molecule has 316 valence electrons. The number of benzene rings is 3. The molecule has 3 aromatic rings. The molecule has 0 bridgehead atoms. The Morgan fingerprint density at radius 3 is 2.47 bits per heavy atom. The second kappa shape index (κ2) is 20.1. The number of hydrogen-bond donors (Lipinski definition) is 2. The van der Waals surface area contributed by atoms with Gasteiger partial charge in [0.1, 0.15) is 42.8 Å². The molecular formula is C45H54FN3O10. The molecule has 3 aliphatic rings. The second-order valence-corrected chi connectivity index (χ2v) is 15.1. The van der Waals surface area contributed by atoms with Crippen molar-refractivity contribution in [1.29, 1.82) is 0 Å². The van der Waals surface area contributed by atoms with E-state index in [1.807, 2.05) is 19.1 Å². The Bertz CT molecular complexity index is 1990. The van der Waals surface area contributed by atoms with E-state index >= 15 is 0 Å². The lowest BCUT2D eigenvalue weighted by molar-refractivity contribution is -0.384. The maximum Gasteiger partial charge on any atom is 0.415 e. The molecule has 14 heteroatoms. The molecule has 0 saturated heterocycles. The molecule has 0 aromatic heterocycles. The monoisotopic (exact) mass is 815 g/mol. The summed E-state index contributed by atoms with van der Waals surface area (Å²) in [6.07, 6.45) is 8.21. The largest absolute Gasteiger partial charge is 0.489 e. The van der Waals surface area contributed by atoms with Crippen LogP contribution in [0.15, 0.2) is 96.2 Å². The van der Waals surface area contributed by atoms with Crippen molar-refractivity contribution in [3.63, 3.8) is 0 Å². The highest BCUT2D eigenvalue weighted by atomic mass is 19.1. The Morgan fingerprint density at radius 2 is 1.80 bits per heavy atom. The summed E-state index contributed by atoms with van der Waals surface area (Å²) in [5, 5.41) is 35.6. The quantitative estimate of drug-likeness (QED) is 0.0490. The highest BCUT2D eigenvalue weighted by Crippen LogP contribution is 2.62. The van der Waals surface area contributed by atoms with Crippen molar-refractivity contribution in [2.24, 2.45) is 22.9 Å². The zero-order valence-corrected chi connectivity index (χ0v) is 33.7. The molecule has 2 aliphatic carbocycles. The van der Waals surface area contributed by atoms with Crippen LogP contribution >= 0.6 is 0 Å². The number of ether oxygens (including phenoxy) is 4. The summed E-state index contributed by atoms with van der Waals surface area (Å²) in [4.78, 5) is 32.3. The van der Waals surface area contributed by atoms with Crippen molar-refractivity contribution >= 4 is 17.5 Å². The lowest BCUT2D eigenvalue weighted by atomic mass is 9.55. The summed E-state index contributed by atoms with van der Waals surface area (Å²) in [5.41, 5.74) is 2.63. The number of nitro groups is 1. The molecule has 0 radical (unpaired) electrons. The van der Waals surface area contributed by atoms with Gasteiger partial charge in [0.2, 0.25) is 5.79 Å². The first-order chi connectivity index (χ1) is 28.7. The number of aliphatic hydroxyl groups excluding tert-OH is 2. The van der Waals surface area contributed by atoms with Crippen LogP contribution in [-0.4, -0.2) is 77.1 Å². The summed E-state index contributed by atoms with van der Waals surface area (Å²) in [7, 11) is 1.48. The van der Waals surface area contributed by atoms with Crippen LogP contribution in [0.25, 0.3) is 0 Å². The number of hydrogen-bond acceptors (Lipinski definition) is 11. The highest BCUT2D eigenvalue weighted by Gasteiger charge is 2.65. The average Bonchev–Trinajstić information content (AvgIpc) is 3.23. The third-order valence-corrected chi connectivity index (χ3v) is 11.5. The van der Waals surface area contributed by atoms with Gasteiger partial charge in [-0.1, -0.05) is 55.3 Å². The molecular weight excluding hydrogens is 762 g/mol. The Hall–Kier alpha value is -5.31. The molecule has 0 spiro atoms. The molecule has 3 aromatic carbocycles. The minimum Gasteiger partial charge on any atom is -0.489 e. The van der Waals surface area contributed by atoms with Crippen LogP contribution < -0.4 is 14.2 Å². The number of allylic oxidation sites excluding steroid dienone is 1. The fraction of sp³-hybridized carbons (Fsp3) is 0.467. The smallest absolute Gasteiger partial charge is 0.415 e. The van der Waals surface area contributed by atoms with Crippen LogP contribution in [0.5, 0.6) is 17.2 Å². The van der Waals surface area contributed by atoms with E-state index in [0.29, 0.717) is 42.0 Å². The van der Waals surface area contributed by atoms with Gasteiger partial charge in [0.05, 0.1) is 23.2 Å². The number of carbonyl (C=O) groups is 1. The molecule has 6 atom stereocenters. The number of aliphatic hydroxyl groups is 2. The predicted molar refractivity (Wildman–Crippen MR) is 219 cm³/mol. The first-order valence-electron chi connectivity index (χ1n) is 20.4. The molecule has 1 saturated carbocycles. The second-order valence-electron chi connectivity index (χ2n) is 15.1. The Labute approximate surface area is 344 Å². The number of rotatable bonds is 20. The van der Waals surface area contributed by atoms with Gasteiger partial charge in [0, 0.05) is 55.4 Å². The van der Waals surface area contributed by atoms with Gasteiger partial charge in [-0.3, -0.25) is 15.0 Å². The number of non-ortho nitro benzene ring substituents is 1. The Kier molecular flexibility index (Phi) is 14.7. The Balaban J connectivity index is 1.52. The van der Waals surface area contributed by atoms with E-state index in [1.54, 1.807) is 35.2 Å². The van der Waals surface area contributed by atoms with Crippen LogP contribution in [0.4, 0.5) is 14.9 Å². The number of carbonyl (C=O) groups excluding carboxylic acids is 1. The van der Waals surface area contributed by atoms with Crippen LogP contribution in [-0.2, 0) is 16.2 Å². The average molecular weight is 816 g/mol. The topological polar surface area (TPSA) is 162 Å². The molecule has 1 amide bonds. The van der Waals surface area contributed by atoms with Crippen LogP contribution in [0.2, 0.25) is 0 Å². The predicted octanol–water partition coefficient (Wildman–Crippen LogP) is 8.49. The molecule has 13 nitrogen and oxygen atoms in total. The number of unbranched alkanes of at least 4 members (excludes halogenated alkanes) is 2. The molecule has 1 heterocycles. The van der Waals surface area contributed by atoms with Crippen molar-refractivity contribution in [2.75, 3.05) is 33.5 Å². The van der Waals surface area contributed by atoms with E-state index in [4.69, 9.17) is 23.8 Å². The number of oxime groups is 1. The molecule has 1 fully saturated rings. The zero-order valence-electron chi connectivity index (χ0n) is 33.7. The number of amides is 1. The van der Waals surface area contributed by atoms with Crippen LogP contribution in [0.1, 0.15) is 75.3 Å². The number of nitrogens with zero attached hydrogens (tertiary/aromatic N) is 3. The van der Waals surface area contributed by atoms with E-state index in [0.717, 1.165) is 36.8 Å². The molecule has 6 rings (SSSR count). The summed E-state index contributed by atoms with van der Waals surface area (Å²) < 4.78 is 40.9. The van der Waals surface area contributed by atoms with Gasteiger partial charge in [-0.05, 0) is 85.9 Å². The van der Waals surface area contributed by atoms with E-state index in [9.17, 15) is 29.5 Å². The van der Waals surface area contributed by atoms with Crippen molar-refractivity contribution < 1.29 is 48.1 Å². The van der Waals surface area contributed by atoms with Crippen LogP contribution in [0.3, 0.4) is 0 Å². The summed E-state index contributed by atoms with van der Waals surface area (Å²) in [6, 6.07) is 16.5. The SMILES string of the molecule is C=CCO[C@@]12Oc3ccc(OCc4ccccc4F)cc3[C@H]3[C@H](CCCCO)[C@@H](CCCCO)C=C(C(=NOC)C[C@@H]1N(CCC)C(=O)Oc1ccc([N+](=O)[O-])cc1)[C@H]32. The van der Waals surface area contributed by atoms with Crippen molar-refractivity contribution in [2.45, 2.75) is 82.6 Å². The van der Waals surface area contributed by atoms with Gasteiger partial charge in [-0.25, -0.2) is 9.18 Å². The van der Waals surface area contributed by atoms with Crippen molar-refractivity contribution in [3.8, 4) is 17.2 Å². The van der Waals surface area contributed by atoms with Gasteiger partial charge >= 0.3 is 6.09 Å². The number of fused-ring (bicyclic) bond motifs is 2. The zero-order chi connectivity index (χ0) is 41.9. The van der Waals surface area contributed by atoms with E-state index in [-0.39, 0.29) is 74.4 Å². The minimum atomic E-state index is -1.51. The fourth-order valence-electron chi connectivity index (χ4n) is 9.04. The molecule has 2 N–H and O–H groups in total. The summed E-state index contributed by atoms with van der Waals surface area (Å²) in [5.74, 6) is -1.51. The van der Waals surface area contributed by atoms with Gasteiger partial charge in [0.15, 0.2) is 0 Å². The lowest BCUT2D eigenvalue weighted by Crippen LogP contribution is -2.70. The fourth-order valence-corrected chi connectivity index (χ4v) is 9.04. The Morgan fingerprint density at radius 1 is 1.07 bits per heavy atom. The maximum absolute atomic E-state index is 14.7. The van der Waals surface area contributed by atoms with E-state index < -0.39 is 28.8 Å². The van der Waals surface area contributed by atoms with Gasteiger partial charge in [0.25, 0.3) is 5.69 Å². The van der Waals surface area contributed by atoms with Gasteiger partial charge in [-0.15, -0.1) is 6.58 Å². The third-order valence-electron chi connectivity index (χ3n) is 11.5. The summed E-state index contributed by atoms with van der Waals surface area (Å²) in [6.45, 7) is 6.36. The summed E-state index contributed by atoms with van der Waals surface area (Å²) >= 11 is 0. The van der Waals surface area contributed by atoms with Crippen molar-refractivity contribution in [1.82, 2.24) is 4.90 Å². The highest BCUT2D eigenvalue weighted by molar-refractivity contribution is 6.03.